The predicted molar refractivity (Wildman–Crippen MR) is 112 cm³/mol. The average molecular weight is 414 g/mol. The smallest absolute Gasteiger partial charge is 0.226 e. The number of nitrogens with zero attached hydrogens (tertiary/aromatic N) is 3. The summed E-state index contributed by atoms with van der Waals surface area (Å²) in [6, 6.07) is 5.21. The summed E-state index contributed by atoms with van der Waals surface area (Å²) < 4.78 is 16.9. The highest BCUT2D eigenvalue weighted by atomic mass is 32.1. The number of benzene rings is 1. The quantitative estimate of drug-likeness (QED) is 0.616. The van der Waals surface area contributed by atoms with E-state index < -0.39 is 0 Å². The molecule has 3 aromatic rings. The van der Waals surface area contributed by atoms with Crippen LogP contribution in [0.2, 0.25) is 0 Å². The van der Waals surface area contributed by atoms with E-state index in [9.17, 15) is 4.79 Å². The molecule has 1 aromatic carbocycles. The van der Waals surface area contributed by atoms with Crippen molar-refractivity contribution < 1.29 is 19.0 Å². The van der Waals surface area contributed by atoms with Crippen LogP contribution >= 0.6 is 11.3 Å². The molecule has 0 atom stereocenters. The summed E-state index contributed by atoms with van der Waals surface area (Å²) in [6.45, 7) is 3.32. The van der Waals surface area contributed by atoms with E-state index in [2.05, 4.69) is 20.2 Å². The van der Waals surface area contributed by atoms with Gasteiger partial charge in [0.05, 0.1) is 31.5 Å². The Hall–Kier alpha value is -2.91. The first-order valence-corrected chi connectivity index (χ1v) is 10.1. The SMILES string of the molecule is COc1cc(C(=O)c2nc(N3CCNCC3)nc3ccsc23)cc(OC)c1OC. The molecule has 1 saturated heterocycles. The van der Waals surface area contributed by atoms with E-state index in [-0.39, 0.29) is 5.78 Å². The number of hydrogen-bond acceptors (Lipinski definition) is 9. The second-order valence-electron chi connectivity index (χ2n) is 6.49. The molecule has 0 saturated carbocycles. The molecule has 1 aliphatic heterocycles. The second-order valence-corrected chi connectivity index (χ2v) is 7.40. The fraction of sp³-hybridized carbons (Fsp3) is 0.350. The molecule has 152 valence electrons. The molecule has 9 heteroatoms. The van der Waals surface area contributed by atoms with Crippen LogP contribution in [0.1, 0.15) is 16.1 Å². The number of ether oxygens (including phenoxy) is 3. The first kappa shape index (κ1) is 19.4. The molecule has 1 aliphatic rings. The van der Waals surface area contributed by atoms with Crippen LogP contribution in [0.3, 0.4) is 0 Å². The van der Waals surface area contributed by atoms with Gasteiger partial charge in [-0.2, -0.15) is 0 Å². The Labute approximate surface area is 172 Å². The number of carbonyl (C=O) groups is 1. The Balaban J connectivity index is 1.82. The lowest BCUT2D eigenvalue weighted by Gasteiger charge is -2.27. The van der Waals surface area contributed by atoms with Gasteiger partial charge in [-0.15, -0.1) is 11.3 Å². The third kappa shape index (κ3) is 3.58. The molecule has 0 unspecified atom stereocenters. The second kappa shape index (κ2) is 8.22. The molecule has 0 aliphatic carbocycles. The maximum Gasteiger partial charge on any atom is 0.226 e. The summed E-state index contributed by atoms with van der Waals surface area (Å²) in [5, 5.41) is 5.24. The monoisotopic (exact) mass is 414 g/mol. The van der Waals surface area contributed by atoms with Gasteiger partial charge >= 0.3 is 0 Å². The van der Waals surface area contributed by atoms with Crippen LogP contribution in [0, 0.1) is 0 Å². The van der Waals surface area contributed by atoms with Gasteiger partial charge in [0.15, 0.2) is 11.5 Å². The fourth-order valence-electron chi connectivity index (χ4n) is 3.36. The van der Waals surface area contributed by atoms with Crippen molar-refractivity contribution in [2.45, 2.75) is 0 Å². The molecule has 1 fully saturated rings. The topological polar surface area (TPSA) is 85.8 Å². The van der Waals surface area contributed by atoms with E-state index in [1.54, 1.807) is 12.1 Å². The number of carbonyl (C=O) groups excluding carboxylic acids is 1. The molecular formula is C20H22N4O4S. The zero-order valence-corrected chi connectivity index (χ0v) is 17.3. The Morgan fingerprint density at radius 2 is 1.76 bits per heavy atom. The van der Waals surface area contributed by atoms with E-state index in [4.69, 9.17) is 14.2 Å². The minimum atomic E-state index is -0.213. The number of piperazine rings is 1. The zero-order valence-electron chi connectivity index (χ0n) is 16.5. The van der Waals surface area contributed by atoms with Crippen molar-refractivity contribution in [3.05, 3.63) is 34.8 Å². The minimum absolute atomic E-state index is 0.213. The largest absolute Gasteiger partial charge is 0.493 e. The van der Waals surface area contributed by atoms with Crippen molar-refractivity contribution in [2.75, 3.05) is 52.4 Å². The van der Waals surface area contributed by atoms with E-state index in [0.717, 1.165) is 36.4 Å². The number of thiophene rings is 1. The highest BCUT2D eigenvalue weighted by Crippen LogP contribution is 2.39. The summed E-state index contributed by atoms with van der Waals surface area (Å²) >= 11 is 1.46. The summed E-state index contributed by atoms with van der Waals surface area (Å²) in [6.07, 6.45) is 0. The van der Waals surface area contributed by atoms with Gasteiger partial charge in [0, 0.05) is 31.7 Å². The highest BCUT2D eigenvalue weighted by Gasteiger charge is 2.24. The Bertz CT molecular complexity index is 1020. The molecule has 0 bridgehead atoms. The summed E-state index contributed by atoms with van der Waals surface area (Å²) in [5.74, 6) is 1.66. The van der Waals surface area contributed by atoms with E-state index in [0.29, 0.717) is 34.5 Å². The summed E-state index contributed by atoms with van der Waals surface area (Å²) in [7, 11) is 4.58. The van der Waals surface area contributed by atoms with E-state index in [1.165, 1.54) is 32.7 Å². The van der Waals surface area contributed by atoms with Gasteiger partial charge in [-0.05, 0) is 23.6 Å². The zero-order chi connectivity index (χ0) is 20.4. The molecule has 3 heterocycles. The normalized spacial score (nSPS) is 14.1. The molecular weight excluding hydrogens is 392 g/mol. The molecule has 2 aromatic heterocycles. The summed E-state index contributed by atoms with van der Waals surface area (Å²) in [4.78, 5) is 24.9. The third-order valence-electron chi connectivity index (χ3n) is 4.83. The third-order valence-corrected chi connectivity index (χ3v) is 5.74. The number of rotatable bonds is 6. The molecule has 0 spiro atoms. The molecule has 29 heavy (non-hydrogen) atoms. The molecule has 8 nitrogen and oxygen atoms in total. The molecule has 4 rings (SSSR count). The van der Waals surface area contributed by atoms with Crippen LogP contribution in [0.15, 0.2) is 23.6 Å². The van der Waals surface area contributed by atoms with Crippen molar-refractivity contribution in [1.82, 2.24) is 15.3 Å². The Morgan fingerprint density at radius 3 is 2.38 bits per heavy atom. The van der Waals surface area contributed by atoms with Crippen LogP contribution in [0.5, 0.6) is 17.2 Å². The van der Waals surface area contributed by atoms with Crippen LogP contribution in [0.25, 0.3) is 10.2 Å². The standard InChI is InChI=1S/C20H22N4O4S/c1-26-14-10-12(11-15(27-2)18(14)28-3)17(25)16-19-13(4-9-29-19)22-20(23-16)24-7-5-21-6-8-24/h4,9-11,21H,5-8H2,1-3H3. The molecule has 1 N–H and O–H groups in total. The van der Waals surface area contributed by atoms with E-state index in [1.807, 2.05) is 11.4 Å². The van der Waals surface area contributed by atoms with Crippen molar-refractivity contribution in [1.29, 1.82) is 0 Å². The molecule has 0 amide bonds. The van der Waals surface area contributed by atoms with E-state index >= 15 is 0 Å². The van der Waals surface area contributed by atoms with Gasteiger partial charge in [0.2, 0.25) is 17.5 Å². The average Bonchev–Trinajstić information content (AvgIpc) is 3.26. The Kier molecular flexibility index (Phi) is 5.50. The highest BCUT2D eigenvalue weighted by molar-refractivity contribution is 7.17. The predicted octanol–water partition coefficient (Wildman–Crippen LogP) is 2.36. The van der Waals surface area contributed by atoms with Gasteiger partial charge in [0.25, 0.3) is 0 Å². The Morgan fingerprint density at radius 1 is 1.07 bits per heavy atom. The van der Waals surface area contributed by atoms with Gasteiger partial charge in [-0.3, -0.25) is 4.79 Å². The lowest BCUT2D eigenvalue weighted by Crippen LogP contribution is -2.44. The lowest BCUT2D eigenvalue weighted by molar-refractivity contribution is 0.103. The maximum absolute atomic E-state index is 13.5. The first-order chi connectivity index (χ1) is 14.2. The first-order valence-electron chi connectivity index (χ1n) is 9.22. The minimum Gasteiger partial charge on any atom is -0.493 e. The van der Waals surface area contributed by atoms with Crippen LogP contribution < -0.4 is 24.4 Å². The molecule has 0 radical (unpaired) electrons. The van der Waals surface area contributed by atoms with Crippen LogP contribution in [0.4, 0.5) is 5.95 Å². The van der Waals surface area contributed by atoms with Crippen molar-refractivity contribution >= 4 is 33.3 Å². The van der Waals surface area contributed by atoms with Gasteiger partial charge in [-0.1, -0.05) is 0 Å². The van der Waals surface area contributed by atoms with Crippen molar-refractivity contribution in [3.63, 3.8) is 0 Å². The van der Waals surface area contributed by atoms with Gasteiger partial charge < -0.3 is 24.4 Å². The van der Waals surface area contributed by atoms with Crippen LogP contribution in [-0.2, 0) is 0 Å². The number of aromatic nitrogens is 2. The van der Waals surface area contributed by atoms with Crippen LogP contribution in [-0.4, -0.2) is 63.3 Å². The lowest BCUT2D eigenvalue weighted by atomic mass is 10.1. The number of ketones is 1. The number of fused-ring (bicyclic) bond motifs is 1. The van der Waals surface area contributed by atoms with Gasteiger partial charge in [-0.25, -0.2) is 9.97 Å². The summed E-state index contributed by atoms with van der Waals surface area (Å²) in [5.41, 5.74) is 1.57. The number of hydrogen-bond donors (Lipinski definition) is 1. The number of anilines is 1. The fourth-order valence-corrected chi connectivity index (χ4v) is 4.18. The van der Waals surface area contributed by atoms with Crippen molar-refractivity contribution in [3.8, 4) is 17.2 Å². The van der Waals surface area contributed by atoms with Crippen molar-refractivity contribution in [2.24, 2.45) is 0 Å². The maximum atomic E-state index is 13.5. The number of nitrogens with one attached hydrogen (secondary N) is 1. The number of methoxy groups -OCH3 is 3. The van der Waals surface area contributed by atoms with Gasteiger partial charge in [0.1, 0.15) is 5.69 Å².